The van der Waals surface area contributed by atoms with Gasteiger partial charge in [-0.15, -0.1) is 0 Å². The minimum atomic E-state index is -1.71. The van der Waals surface area contributed by atoms with Gasteiger partial charge in [-0.3, -0.25) is 0 Å². The smallest absolute Gasteiger partial charge is 0.130 e. The molecule has 3 heteroatoms. The van der Waals surface area contributed by atoms with Crippen molar-refractivity contribution in [2.24, 2.45) is 5.92 Å². The molecule has 0 aliphatic heterocycles. The molecule has 6 rings (SSSR count). The molecule has 1 saturated carbocycles. The van der Waals surface area contributed by atoms with Crippen LogP contribution in [-0.4, -0.2) is 15.3 Å². The Labute approximate surface area is 200 Å². The Bertz CT molecular complexity index is 1320. The highest BCUT2D eigenvalue weighted by Gasteiger charge is 2.77. The van der Waals surface area contributed by atoms with Crippen LogP contribution in [0.2, 0.25) is 0 Å². The minimum absolute atomic E-state index is 0.346. The SMILES string of the molecule is C[C@]1(O)c2ccccc2[C@]2(O)[C@@H]1[C@H](c1ccccc1)[C@@H](c1ccccc1)[C@@]2(O)c1ccccc1. The van der Waals surface area contributed by atoms with Crippen LogP contribution in [0.5, 0.6) is 0 Å². The number of hydrogen-bond donors (Lipinski definition) is 3. The van der Waals surface area contributed by atoms with Gasteiger partial charge in [0.15, 0.2) is 0 Å². The van der Waals surface area contributed by atoms with Gasteiger partial charge in [-0.2, -0.15) is 0 Å². The van der Waals surface area contributed by atoms with Crippen molar-refractivity contribution in [2.45, 2.75) is 35.6 Å². The molecule has 3 N–H and O–H groups in total. The number of rotatable bonds is 3. The van der Waals surface area contributed by atoms with Crippen LogP contribution >= 0.6 is 0 Å². The van der Waals surface area contributed by atoms with Crippen molar-refractivity contribution >= 4 is 0 Å². The number of aliphatic hydroxyl groups is 3. The normalized spacial score (nSPS) is 33.9. The van der Waals surface area contributed by atoms with Crippen LogP contribution in [-0.2, 0) is 16.8 Å². The average Bonchev–Trinajstić information content (AvgIpc) is 3.22. The summed E-state index contributed by atoms with van der Waals surface area (Å²) in [6.07, 6.45) is 0. The third-order valence-electron chi connectivity index (χ3n) is 8.25. The highest BCUT2D eigenvalue weighted by Crippen LogP contribution is 2.74. The fourth-order valence-electron chi connectivity index (χ4n) is 7.00. The fraction of sp³-hybridized carbons (Fsp3) is 0.226. The summed E-state index contributed by atoms with van der Waals surface area (Å²) in [6, 6.07) is 36.9. The Balaban J connectivity index is 1.75. The van der Waals surface area contributed by atoms with Crippen LogP contribution in [0.3, 0.4) is 0 Å². The monoisotopic (exact) mass is 448 g/mol. The molecule has 4 aromatic rings. The molecule has 0 amide bonds. The Kier molecular flexibility index (Phi) is 4.62. The van der Waals surface area contributed by atoms with Crippen molar-refractivity contribution in [3.63, 3.8) is 0 Å². The van der Waals surface area contributed by atoms with Gasteiger partial charge in [-0.1, -0.05) is 115 Å². The Morgan fingerprint density at radius 2 is 1.00 bits per heavy atom. The van der Waals surface area contributed by atoms with Crippen LogP contribution in [0.1, 0.15) is 46.6 Å². The van der Waals surface area contributed by atoms with E-state index in [0.717, 1.165) is 11.1 Å². The lowest BCUT2D eigenvalue weighted by Gasteiger charge is -2.43. The topological polar surface area (TPSA) is 60.7 Å². The zero-order valence-electron chi connectivity index (χ0n) is 19.0. The third kappa shape index (κ3) is 2.58. The van der Waals surface area contributed by atoms with E-state index in [1.165, 1.54) is 0 Å². The van der Waals surface area contributed by atoms with Crippen molar-refractivity contribution in [1.82, 2.24) is 0 Å². The average molecular weight is 449 g/mol. The molecule has 6 atom stereocenters. The standard InChI is InChI=1S/C31H28O3/c1-29(32)24-19-11-12-20-25(24)31(34)28(29)26(21-13-5-2-6-14-21)27(22-15-7-3-8-16-22)30(31,33)23-17-9-4-10-18-23/h2-20,26-28,32-34H,1H3/t26-,27-,28-,29+,30+,31+/m1/s1. The first kappa shape index (κ1) is 21.3. The van der Waals surface area contributed by atoms with Crippen molar-refractivity contribution in [3.05, 3.63) is 143 Å². The van der Waals surface area contributed by atoms with Gasteiger partial charge in [0.2, 0.25) is 0 Å². The summed E-state index contributed by atoms with van der Waals surface area (Å²) in [5, 5.41) is 37.9. The third-order valence-corrected chi connectivity index (χ3v) is 8.25. The number of benzene rings is 4. The van der Waals surface area contributed by atoms with Gasteiger partial charge in [-0.05, 0) is 34.7 Å². The molecule has 0 bridgehead atoms. The maximum atomic E-state index is 13.0. The first-order valence-corrected chi connectivity index (χ1v) is 11.8. The number of fused-ring (bicyclic) bond motifs is 3. The lowest BCUT2D eigenvalue weighted by Crippen LogP contribution is -2.50. The summed E-state index contributed by atoms with van der Waals surface area (Å²) in [7, 11) is 0. The molecular formula is C31H28O3. The summed E-state index contributed by atoms with van der Waals surface area (Å²) in [6.45, 7) is 1.78. The molecule has 3 nitrogen and oxygen atoms in total. The molecule has 0 unspecified atom stereocenters. The van der Waals surface area contributed by atoms with E-state index in [0.29, 0.717) is 16.7 Å². The quantitative estimate of drug-likeness (QED) is 0.405. The van der Waals surface area contributed by atoms with E-state index in [-0.39, 0.29) is 5.92 Å². The van der Waals surface area contributed by atoms with Gasteiger partial charge < -0.3 is 15.3 Å². The van der Waals surface area contributed by atoms with Gasteiger partial charge in [0.25, 0.3) is 0 Å². The molecule has 2 aliphatic rings. The van der Waals surface area contributed by atoms with Crippen molar-refractivity contribution in [3.8, 4) is 0 Å². The number of hydrogen-bond acceptors (Lipinski definition) is 3. The molecular weight excluding hydrogens is 420 g/mol. The zero-order chi connectivity index (χ0) is 23.6. The largest absolute Gasteiger partial charge is 0.385 e. The molecule has 4 aromatic carbocycles. The summed E-state index contributed by atoms with van der Waals surface area (Å²) in [5.74, 6) is -1.51. The van der Waals surface area contributed by atoms with E-state index >= 15 is 0 Å². The first-order chi connectivity index (χ1) is 16.4. The molecule has 0 heterocycles. The summed E-state index contributed by atoms with van der Waals surface area (Å²) >= 11 is 0. The maximum absolute atomic E-state index is 13.0. The second kappa shape index (κ2) is 7.38. The van der Waals surface area contributed by atoms with E-state index in [4.69, 9.17) is 0 Å². The molecule has 0 aromatic heterocycles. The van der Waals surface area contributed by atoms with Gasteiger partial charge in [-0.25, -0.2) is 0 Å². The van der Waals surface area contributed by atoms with E-state index < -0.39 is 28.6 Å². The Morgan fingerprint density at radius 1 is 0.529 bits per heavy atom. The predicted octanol–water partition coefficient (Wildman–Crippen LogP) is 5.18. The van der Waals surface area contributed by atoms with Crippen LogP contribution in [0.25, 0.3) is 0 Å². The van der Waals surface area contributed by atoms with E-state index in [1.54, 1.807) is 6.92 Å². The van der Waals surface area contributed by atoms with Crippen LogP contribution in [0.4, 0.5) is 0 Å². The van der Waals surface area contributed by atoms with Crippen molar-refractivity contribution < 1.29 is 15.3 Å². The van der Waals surface area contributed by atoms with Gasteiger partial charge in [0.1, 0.15) is 11.2 Å². The Morgan fingerprint density at radius 3 is 1.59 bits per heavy atom. The first-order valence-electron chi connectivity index (χ1n) is 11.8. The molecule has 2 aliphatic carbocycles. The summed E-state index contributed by atoms with van der Waals surface area (Å²) < 4.78 is 0. The van der Waals surface area contributed by atoms with E-state index in [1.807, 2.05) is 115 Å². The van der Waals surface area contributed by atoms with Crippen LogP contribution in [0, 0.1) is 5.92 Å². The van der Waals surface area contributed by atoms with Gasteiger partial charge >= 0.3 is 0 Å². The molecule has 34 heavy (non-hydrogen) atoms. The zero-order valence-corrected chi connectivity index (χ0v) is 19.0. The predicted molar refractivity (Wildman–Crippen MR) is 132 cm³/mol. The highest BCUT2D eigenvalue weighted by molar-refractivity contribution is 5.56. The second-order valence-electron chi connectivity index (χ2n) is 9.89. The second-order valence-corrected chi connectivity index (χ2v) is 9.89. The lowest BCUT2D eigenvalue weighted by atomic mass is 9.69. The lowest BCUT2D eigenvalue weighted by molar-refractivity contribution is -0.187. The molecule has 1 fully saturated rings. The van der Waals surface area contributed by atoms with E-state index in [9.17, 15) is 15.3 Å². The van der Waals surface area contributed by atoms with Crippen molar-refractivity contribution in [1.29, 1.82) is 0 Å². The Hall–Kier alpha value is -3.24. The molecule has 0 spiro atoms. The van der Waals surface area contributed by atoms with Crippen molar-refractivity contribution in [2.75, 3.05) is 0 Å². The summed E-state index contributed by atoms with van der Waals surface area (Å²) in [5.41, 5.74) is -0.925. The van der Waals surface area contributed by atoms with Crippen LogP contribution < -0.4 is 0 Å². The van der Waals surface area contributed by atoms with Crippen LogP contribution in [0.15, 0.2) is 115 Å². The molecule has 0 saturated heterocycles. The molecule has 170 valence electrons. The molecule has 0 radical (unpaired) electrons. The summed E-state index contributed by atoms with van der Waals surface area (Å²) in [4.78, 5) is 0. The van der Waals surface area contributed by atoms with Gasteiger partial charge in [0, 0.05) is 17.8 Å². The fourth-order valence-corrected chi connectivity index (χ4v) is 7.00. The maximum Gasteiger partial charge on any atom is 0.130 e. The van der Waals surface area contributed by atoms with Gasteiger partial charge in [0.05, 0.1) is 5.60 Å². The highest BCUT2D eigenvalue weighted by atomic mass is 16.4. The van der Waals surface area contributed by atoms with E-state index in [2.05, 4.69) is 0 Å². The minimum Gasteiger partial charge on any atom is -0.385 e.